The first-order valence-corrected chi connectivity index (χ1v) is 3.57. The third-order valence-electron chi connectivity index (χ3n) is 1.41. The Balaban J connectivity index is 0.00000196. The van der Waals surface area contributed by atoms with Crippen LogP contribution in [0.15, 0.2) is 12.4 Å². The molecule has 1 aromatic heterocycles. The SMILES string of the molecule is Cl.NCC(=O)c1cnc(C(F)(F)F)cn1. The Bertz CT molecular complexity index is 338. The minimum Gasteiger partial charge on any atom is -0.324 e. The monoisotopic (exact) mass is 241 g/mol. The molecule has 0 bridgehead atoms. The van der Waals surface area contributed by atoms with Gasteiger partial charge in [0.2, 0.25) is 0 Å². The zero-order valence-electron chi connectivity index (χ0n) is 7.28. The number of nitrogens with two attached hydrogens (primary N) is 1. The van der Waals surface area contributed by atoms with Gasteiger partial charge in [-0.05, 0) is 0 Å². The Hall–Kier alpha value is -1.21. The summed E-state index contributed by atoms with van der Waals surface area (Å²) in [5.74, 6) is -0.550. The number of alkyl halides is 3. The lowest BCUT2D eigenvalue weighted by Crippen LogP contribution is -2.17. The van der Waals surface area contributed by atoms with Gasteiger partial charge >= 0.3 is 6.18 Å². The van der Waals surface area contributed by atoms with Crippen molar-refractivity contribution in [1.29, 1.82) is 0 Å². The molecule has 0 atom stereocenters. The molecule has 0 aliphatic carbocycles. The summed E-state index contributed by atoms with van der Waals surface area (Å²) in [6, 6.07) is 0. The Morgan fingerprint density at radius 3 is 2.27 bits per heavy atom. The van der Waals surface area contributed by atoms with E-state index in [2.05, 4.69) is 9.97 Å². The van der Waals surface area contributed by atoms with Crippen molar-refractivity contribution in [2.75, 3.05) is 6.54 Å². The van der Waals surface area contributed by atoms with Gasteiger partial charge in [0.25, 0.3) is 0 Å². The lowest BCUT2D eigenvalue weighted by molar-refractivity contribution is -0.141. The number of carbonyl (C=O) groups is 1. The fourth-order valence-corrected chi connectivity index (χ4v) is 0.723. The second kappa shape index (κ2) is 5.04. The number of rotatable bonds is 2. The summed E-state index contributed by atoms with van der Waals surface area (Å²) in [6.07, 6.45) is -3.28. The van der Waals surface area contributed by atoms with Gasteiger partial charge in [-0.1, -0.05) is 0 Å². The molecule has 0 aliphatic heterocycles. The third kappa shape index (κ3) is 3.45. The number of hydrogen-bond acceptors (Lipinski definition) is 4. The highest BCUT2D eigenvalue weighted by molar-refractivity contribution is 5.95. The smallest absolute Gasteiger partial charge is 0.324 e. The molecule has 0 radical (unpaired) electrons. The predicted molar refractivity (Wildman–Crippen MR) is 47.7 cm³/mol. The van der Waals surface area contributed by atoms with E-state index in [0.29, 0.717) is 6.20 Å². The zero-order chi connectivity index (χ0) is 10.8. The summed E-state index contributed by atoms with van der Waals surface area (Å²) < 4.78 is 36.0. The van der Waals surface area contributed by atoms with E-state index in [4.69, 9.17) is 5.73 Å². The molecule has 0 aromatic carbocycles. The molecule has 0 unspecified atom stereocenters. The van der Waals surface area contributed by atoms with Gasteiger partial charge in [0.15, 0.2) is 11.5 Å². The topological polar surface area (TPSA) is 68.9 Å². The Morgan fingerprint density at radius 2 is 1.93 bits per heavy atom. The van der Waals surface area contributed by atoms with Crippen LogP contribution >= 0.6 is 12.4 Å². The van der Waals surface area contributed by atoms with Gasteiger partial charge in [0.05, 0.1) is 18.9 Å². The van der Waals surface area contributed by atoms with Crippen LogP contribution in [0.4, 0.5) is 13.2 Å². The third-order valence-corrected chi connectivity index (χ3v) is 1.41. The van der Waals surface area contributed by atoms with Crippen molar-refractivity contribution < 1.29 is 18.0 Å². The van der Waals surface area contributed by atoms with Crippen molar-refractivity contribution in [3.05, 3.63) is 23.8 Å². The molecule has 4 nitrogen and oxygen atoms in total. The molecule has 0 amide bonds. The molecule has 8 heteroatoms. The largest absolute Gasteiger partial charge is 0.434 e. The number of halogens is 4. The molecule has 0 saturated heterocycles. The van der Waals surface area contributed by atoms with E-state index < -0.39 is 17.7 Å². The maximum absolute atomic E-state index is 12.0. The van der Waals surface area contributed by atoms with Crippen LogP contribution in [-0.2, 0) is 6.18 Å². The van der Waals surface area contributed by atoms with Gasteiger partial charge < -0.3 is 5.73 Å². The second-order valence-electron chi connectivity index (χ2n) is 2.41. The van der Waals surface area contributed by atoms with Crippen molar-refractivity contribution in [1.82, 2.24) is 9.97 Å². The first kappa shape index (κ1) is 13.8. The molecule has 1 aromatic rings. The van der Waals surface area contributed by atoms with E-state index in [-0.39, 0.29) is 24.6 Å². The van der Waals surface area contributed by atoms with E-state index >= 15 is 0 Å². The molecule has 84 valence electrons. The van der Waals surface area contributed by atoms with Gasteiger partial charge in [-0.2, -0.15) is 13.2 Å². The molecular formula is C7H7ClF3N3O. The standard InChI is InChI=1S/C7H6F3N3O.ClH/c8-7(9,10)6-3-12-4(2-13-6)5(14)1-11;/h2-3H,1,11H2;1H. The van der Waals surface area contributed by atoms with E-state index in [1.807, 2.05) is 0 Å². The van der Waals surface area contributed by atoms with Crippen LogP contribution in [0.2, 0.25) is 0 Å². The first-order chi connectivity index (χ1) is 6.45. The highest BCUT2D eigenvalue weighted by atomic mass is 35.5. The average molecular weight is 242 g/mol. The second-order valence-corrected chi connectivity index (χ2v) is 2.41. The first-order valence-electron chi connectivity index (χ1n) is 3.57. The fourth-order valence-electron chi connectivity index (χ4n) is 0.723. The highest BCUT2D eigenvalue weighted by Gasteiger charge is 2.32. The minimum absolute atomic E-state index is 0. The van der Waals surface area contributed by atoms with E-state index in [9.17, 15) is 18.0 Å². The molecule has 0 spiro atoms. The number of ketones is 1. The lowest BCUT2D eigenvalue weighted by atomic mass is 10.3. The predicted octanol–water partition coefficient (Wildman–Crippen LogP) is 1.06. The van der Waals surface area contributed by atoms with Crippen LogP contribution in [0.25, 0.3) is 0 Å². The van der Waals surface area contributed by atoms with Crippen LogP contribution in [-0.4, -0.2) is 22.3 Å². The summed E-state index contributed by atoms with van der Waals surface area (Å²) in [6.45, 7) is -0.306. The number of Topliss-reactive ketones (excluding diaryl/α,β-unsaturated/α-hetero) is 1. The number of nitrogens with zero attached hydrogens (tertiary/aromatic N) is 2. The van der Waals surface area contributed by atoms with E-state index in [0.717, 1.165) is 6.20 Å². The van der Waals surface area contributed by atoms with Gasteiger partial charge in [0.1, 0.15) is 5.69 Å². The van der Waals surface area contributed by atoms with Gasteiger partial charge in [-0.15, -0.1) is 12.4 Å². The number of aromatic nitrogens is 2. The fraction of sp³-hybridized carbons (Fsp3) is 0.286. The summed E-state index contributed by atoms with van der Waals surface area (Å²) >= 11 is 0. The zero-order valence-corrected chi connectivity index (χ0v) is 8.10. The summed E-state index contributed by atoms with van der Waals surface area (Å²) in [5, 5.41) is 0. The van der Waals surface area contributed by atoms with Crippen LogP contribution < -0.4 is 5.73 Å². The van der Waals surface area contributed by atoms with Gasteiger partial charge in [-0.3, -0.25) is 4.79 Å². The highest BCUT2D eigenvalue weighted by Crippen LogP contribution is 2.26. The van der Waals surface area contributed by atoms with Crippen molar-refractivity contribution in [2.24, 2.45) is 5.73 Å². The van der Waals surface area contributed by atoms with Gasteiger partial charge in [-0.25, -0.2) is 9.97 Å². The van der Waals surface area contributed by atoms with Crippen LogP contribution in [0.1, 0.15) is 16.2 Å². The van der Waals surface area contributed by atoms with Gasteiger partial charge in [0, 0.05) is 0 Å². The van der Waals surface area contributed by atoms with Crippen molar-refractivity contribution in [3.8, 4) is 0 Å². The lowest BCUT2D eigenvalue weighted by Gasteiger charge is -2.04. The molecule has 1 heterocycles. The number of carbonyl (C=O) groups excluding carboxylic acids is 1. The summed E-state index contributed by atoms with van der Waals surface area (Å²) in [5.41, 5.74) is 3.69. The molecule has 0 saturated carbocycles. The Morgan fingerprint density at radius 1 is 1.33 bits per heavy atom. The molecular weight excluding hydrogens is 235 g/mol. The van der Waals surface area contributed by atoms with E-state index in [1.165, 1.54) is 0 Å². The summed E-state index contributed by atoms with van der Waals surface area (Å²) in [4.78, 5) is 17.2. The van der Waals surface area contributed by atoms with Crippen molar-refractivity contribution >= 4 is 18.2 Å². The number of hydrogen-bond donors (Lipinski definition) is 1. The molecule has 2 N–H and O–H groups in total. The van der Waals surface area contributed by atoms with Crippen molar-refractivity contribution in [2.45, 2.75) is 6.18 Å². The molecule has 1 rings (SSSR count). The summed E-state index contributed by atoms with van der Waals surface area (Å²) in [7, 11) is 0. The maximum Gasteiger partial charge on any atom is 0.434 e. The molecule has 15 heavy (non-hydrogen) atoms. The van der Waals surface area contributed by atoms with E-state index in [1.54, 1.807) is 0 Å². The normalized spacial score (nSPS) is 10.7. The average Bonchev–Trinajstić information content (AvgIpc) is 2.15. The Labute approximate surface area is 89.1 Å². The van der Waals surface area contributed by atoms with Crippen LogP contribution in [0, 0.1) is 0 Å². The minimum atomic E-state index is -4.54. The molecule has 0 fully saturated rings. The molecule has 0 aliphatic rings. The van der Waals surface area contributed by atoms with Crippen molar-refractivity contribution in [3.63, 3.8) is 0 Å². The maximum atomic E-state index is 12.0. The van der Waals surface area contributed by atoms with Crippen LogP contribution in [0.5, 0.6) is 0 Å². The Kier molecular flexibility index (Phi) is 4.63. The quantitative estimate of drug-likeness (QED) is 0.786. The van der Waals surface area contributed by atoms with Crippen LogP contribution in [0.3, 0.4) is 0 Å².